The summed E-state index contributed by atoms with van der Waals surface area (Å²) in [4.78, 5) is 13.0. The summed E-state index contributed by atoms with van der Waals surface area (Å²) in [5, 5.41) is 8.91. The van der Waals surface area contributed by atoms with Crippen LogP contribution in [0.5, 0.6) is 0 Å². The fourth-order valence-electron chi connectivity index (χ4n) is 1.77. The average molecular weight is 239 g/mol. The van der Waals surface area contributed by atoms with Gasteiger partial charge < -0.3 is 5.73 Å². The highest BCUT2D eigenvalue weighted by Crippen LogP contribution is 2.20. The molecule has 0 heterocycles. The van der Waals surface area contributed by atoms with Crippen LogP contribution in [-0.2, 0) is 4.79 Å². The molecule has 0 spiro atoms. The molecule has 17 heavy (non-hydrogen) atoms. The van der Waals surface area contributed by atoms with E-state index >= 15 is 0 Å². The van der Waals surface area contributed by atoms with Crippen LogP contribution in [0.4, 0.5) is 0 Å². The van der Waals surface area contributed by atoms with E-state index < -0.39 is 0 Å². The minimum absolute atomic E-state index is 0.282. The molecule has 2 N–H and O–H groups in total. The molecule has 0 aromatic rings. The lowest BCUT2D eigenvalue weighted by Crippen LogP contribution is -2.37. The summed E-state index contributed by atoms with van der Waals surface area (Å²) in [6.07, 6.45) is 1.76. The molecular weight excluding hydrogens is 214 g/mol. The SMILES string of the molecule is CC(C)CN(CCCC(C)(C)C#N)CC(N)=O. The first-order valence-electron chi connectivity index (χ1n) is 6.19. The van der Waals surface area contributed by atoms with Gasteiger partial charge in [0.05, 0.1) is 18.0 Å². The summed E-state index contributed by atoms with van der Waals surface area (Å²) in [7, 11) is 0. The highest BCUT2D eigenvalue weighted by Gasteiger charge is 2.17. The Bertz CT molecular complexity index is 279. The van der Waals surface area contributed by atoms with Crippen molar-refractivity contribution < 1.29 is 4.79 Å². The van der Waals surface area contributed by atoms with Gasteiger partial charge in [0.1, 0.15) is 0 Å². The van der Waals surface area contributed by atoms with E-state index in [4.69, 9.17) is 11.0 Å². The molecule has 0 unspecified atom stereocenters. The van der Waals surface area contributed by atoms with Crippen LogP contribution in [0.2, 0.25) is 0 Å². The summed E-state index contributed by atoms with van der Waals surface area (Å²) in [5.74, 6) is 0.225. The van der Waals surface area contributed by atoms with Gasteiger partial charge in [-0.05, 0) is 39.2 Å². The van der Waals surface area contributed by atoms with Gasteiger partial charge in [0.15, 0.2) is 0 Å². The van der Waals surface area contributed by atoms with E-state index in [2.05, 4.69) is 24.8 Å². The van der Waals surface area contributed by atoms with Crippen LogP contribution < -0.4 is 5.73 Å². The zero-order valence-electron chi connectivity index (χ0n) is 11.5. The van der Waals surface area contributed by atoms with Gasteiger partial charge in [-0.2, -0.15) is 5.26 Å². The van der Waals surface area contributed by atoms with Gasteiger partial charge in [-0.15, -0.1) is 0 Å². The monoisotopic (exact) mass is 239 g/mol. The van der Waals surface area contributed by atoms with E-state index in [0.717, 1.165) is 25.9 Å². The molecule has 0 saturated heterocycles. The third kappa shape index (κ3) is 8.70. The van der Waals surface area contributed by atoms with Gasteiger partial charge >= 0.3 is 0 Å². The van der Waals surface area contributed by atoms with Crippen LogP contribution in [0.15, 0.2) is 0 Å². The maximum atomic E-state index is 10.9. The standard InChI is InChI=1S/C13H25N3O/c1-11(2)8-16(9-12(15)17)7-5-6-13(3,4)10-14/h11H,5-9H2,1-4H3,(H2,15,17). The van der Waals surface area contributed by atoms with Gasteiger partial charge in [0.25, 0.3) is 0 Å². The molecule has 0 aromatic heterocycles. The van der Waals surface area contributed by atoms with Crippen LogP contribution in [-0.4, -0.2) is 30.4 Å². The van der Waals surface area contributed by atoms with E-state index in [9.17, 15) is 4.79 Å². The third-order valence-electron chi connectivity index (χ3n) is 2.58. The number of nitrogens with zero attached hydrogens (tertiary/aromatic N) is 2. The predicted octanol–water partition coefficient (Wildman–Crippen LogP) is 1.76. The Kier molecular flexibility index (Phi) is 6.82. The highest BCUT2D eigenvalue weighted by atomic mass is 16.1. The van der Waals surface area contributed by atoms with Gasteiger partial charge in [-0.1, -0.05) is 13.8 Å². The molecule has 1 amide bonds. The number of rotatable bonds is 8. The van der Waals surface area contributed by atoms with Crippen molar-refractivity contribution in [3.63, 3.8) is 0 Å². The van der Waals surface area contributed by atoms with E-state index in [1.165, 1.54) is 0 Å². The lowest BCUT2D eigenvalue weighted by atomic mass is 9.90. The number of hydrogen-bond donors (Lipinski definition) is 1. The first-order chi connectivity index (χ1) is 7.76. The molecule has 0 aliphatic heterocycles. The number of amides is 1. The molecule has 0 bridgehead atoms. The zero-order chi connectivity index (χ0) is 13.5. The Morgan fingerprint density at radius 1 is 1.47 bits per heavy atom. The second-order valence-electron chi connectivity index (χ2n) is 5.69. The molecule has 0 aliphatic rings. The molecular formula is C13H25N3O. The van der Waals surface area contributed by atoms with Gasteiger partial charge in [0, 0.05) is 6.54 Å². The van der Waals surface area contributed by atoms with Gasteiger partial charge in [-0.3, -0.25) is 9.69 Å². The molecule has 0 aromatic carbocycles. The van der Waals surface area contributed by atoms with Gasteiger partial charge in [0.2, 0.25) is 5.91 Å². The van der Waals surface area contributed by atoms with Crippen molar-refractivity contribution in [2.75, 3.05) is 19.6 Å². The smallest absolute Gasteiger partial charge is 0.231 e. The van der Waals surface area contributed by atoms with Crippen LogP contribution >= 0.6 is 0 Å². The Balaban J connectivity index is 4.08. The quantitative estimate of drug-likeness (QED) is 0.701. The Hall–Kier alpha value is -1.08. The topological polar surface area (TPSA) is 70.1 Å². The predicted molar refractivity (Wildman–Crippen MR) is 69.1 cm³/mol. The van der Waals surface area contributed by atoms with Crippen LogP contribution in [0.1, 0.15) is 40.5 Å². The van der Waals surface area contributed by atoms with E-state index in [0.29, 0.717) is 12.5 Å². The van der Waals surface area contributed by atoms with E-state index in [1.54, 1.807) is 0 Å². The fraction of sp³-hybridized carbons (Fsp3) is 0.846. The van der Waals surface area contributed by atoms with Crippen molar-refractivity contribution in [2.24, 2.45) is 17.1 Å². The first kappa shape index (κ1) is 15.9. The molecule has 4 nitrogen and oxygen atoms in total. The molecule has 0 atom stereocenters. The van der Waals surface area contributed by atoms with Crippen molar-refractivity contribution in [1.82, 2.24) is 4.90 Å². The zero-order valence-corrected chi connectivity index (χ0v) is 11.5. The van der Waals surface area contributed by atoms with Crippen molar-refractivity contribution in [2.45, 2.75) is 40.5 Å². The average Bonchev–Trinajstić information content (AvgIpc) is 2.15. The molecule has 0 aliphatic carbocycles. The Labute approximate surface area is 105 Å². The van der Waals surface area contributed by atoms with E-state index in [-0.39, 0.29) is 11.3 Å². The molecule has 98 valence electrons. The van der Waals surface area contributed by atoms with Gasteiger partial charge in [-0.25, -0.2) is 0 Å². The summed E-state index contributed by atoms with van der Waals surface area (Å²) >= 11 is 0. The summed E-state index contributed by atoms with van der Waals surface area (Å²) < 4.78 is 0. The van der Waals surface area contributed by atoms with Crippen molar-refractivity contribution in [1.29, 1.82) is 5.26 Å². The molecule has 0 fully saturated rings. The molecule has 0 radical (unpaired) electrons. The first-order valence-corrected chi connectivity index (χ1v) is 6.19. The molecule has 4 heteroatoms. The maximum absolute atomic E-state index is 10.9. The number of nitriles is 1. The lowest BCUT2D eigenvalue weighted by Gasteiger charge is -2.24. The maximum Gasteiger partial charge on any atom is 0.231 e. The number of carbonyl (C=O) groups is 1. The van der Waals surface area contributed by atoms with Crippen LogP contribution in [0.3, 0.4) is 0 Å². The number of carbonyl (C=O) groups excluding carboxylic acids is 1. The van der Waals surface area contributed by atoms with Crippen LogP contribution in [0.25, 0.3) is 0 Å². The minimum Gasteiger partial charge on any atom is -0.369 e. The highest BCUT2D eigenvalue weighted by molar-refractivity contribution is 5.75. The van der Waals surface area contributed by atoms with Crippen molar-refractivity contribution in [3.05, 3.63) is 0 Å². The van der Waals surface area contributed by atoms with Crippen LogP contribution in [0, 0.1) is 22.7 Å². The third-order valence-corrected chi connectivity index (χ3v) is 2.58. The second kappa shape index (κ2) is 7.29. The number of nitrogens with two attached hydrogens (primary N) is 1. The number of primary amides is 1. The minimum atomic E-state index is -0.287. The fourth-order valence-corrected chi connectivity index (χ4v) is 1.77. The van der Waals surface area contributed by atoms with Crippen molar-refractivity contribution in [3.8, 4) is 6.07 Å². The normalized spacial score (nSPS) is 11.8. The van der Waals surface area contributed by atoms with Crippen molar-refractivity contribution >= 4 is 5.91 Å². The lowest BCUT2D eigenvalue weighted by molar-refractivity contribution is -0.119. The Morgan fingerprint density at radius 3 is 2.47 bits per heavy atom. The summed E-state index contributed by atoms with van der Waals surface area (Å²) in [6.45, 7) is 10.1. The summed E-state index contributed by atoms with van der Waals surface area (Å²) in [6, 6.07) is 2.29. The van der Waals surface area contributed by atoms with E-state index in [1.807, 2.05) is 13.8 Å². The second-order valence-corrected chi connectivity index (χ2v) is 5.69. The summed E-state index contributed by atoms with van der Waals surface area (Å²) in [5.41, 5.74) is 4.94. The molecule has 0 rings (SSSR count). The largest absolute Gasteiger partial charge is 0.369 e. The Morgan fingerprint density at radius 2 is 2.06 bits per heavy atom. The number of hydrogen-bond acceptors (Lipinski definition) is 3. The molecule has 0 saturated carbocycles.